The van der Waals surface area contributed by atoms with E-state index in [4.69, 9.17) is 5.73 Å². The second kappa shape index (κ2) is 6.24. The summed E-state index contributed by atoms with van der Waals surface area (Å²) in [5, 5.41) is 12.9. The van der Waals surface area contributed by atoms with E-state index in [1.54, 1.807) is 0 Å². The fraction of sp³-hybridized carbons (Fsp3) is 0.923. The number of nitrogens with two attached hydrogens (primary N) is 1. The minimum atomic E-state index is -0.118. The Morgan fingerprint density at radius 3 is 2.65 bits per heavy atom. The van der Waals surface area contributed by atoms with Crippen LogP contribution in [0.15, 0.2) is 4.99 Å². The van der Waals surface area contributed by atoms with E-state index >= 15 is 0 Å². The van der Waals surface area contributed by atoms with Crippen molar-refractivity contribution in [2.24, 2.45) is 16.6 Å². The molecular formula is C13H25N3O. The molecule has 0 aromatic rings. The molecule has 2 unspecified atom stereocenters. The maximum Gasteiger partial charge on any atom is 0.188 e. The molecule has 2 fully saturated rings. The molecule has 0 spiro atoms. The zero-order valence-corrected chi connectivity index (χ0v) is 10.6. The molecule has 2 rings (SSSR count). The van der Waals surface area contributed by atoms with E-state index in [1.165, 1.54) is 32.1 Å². The smallest absolute Gasteiger partial charge is 0.188 e. The predicted molar refractivity (Wildman–Crippen MR) is 69.8 cm³/mol. The Morgan fingerprint density at radius 1 is 1.18 bits per heavy atom. The number of rotatable bonds is 3. The van der Waals surface area contributed by atoms with Gasteiger partial charge in [0.25, 0.3) is 0 Å². The highest BCUT2D eigenvalue weighted by Gasteiger charge is 2.20. The number of hydrogen-bond acceptors (Lipinski definition) is 2. The Kier molecular flexibility index (Phi) is 4.66. The maximum atomic E-state index is 9.58. The lowest BCUT2D eigenvalue weighted by Gasteiger charge is -2.24. The van der Waals surface area contributed by atoms with Crippen LogP contribution < -0.4 is 11.1 Å². The Hall–Kier alpha value is -0.770. The van der Waals surface area contributed by atoms with Gasteiger partial charge in [-0.3, -0.25) is 4.99 Å². The fourth-order valence-electron chi connectivity index (χ4n) is 2.98. The van der Waals surface area contributed by atoms with E-state index < -0.39 is 0 Å². The highest BCUT2D eigenvalue weighted by atomic mass is 16.3. The summed E-state index contributed by atoms with van der Waals surface area (Å²) in [5.74, 6) is 1.11. The van der Waals surface area contributed by atoms with Crippen LogP contribution in [0.3, 0.4) is 0 Å². The lowest BCUT2D eigenvalue weighted by Crippen LogP contribution is -2.39. The number of nitrogens with one attached hydrogen (secondary N) is 1. The number of nitrogens with zero attached hydrogens (tertiary/aromatic N) is 1. The minimum absolute atomic E-state index is 0.118. The molecule has 0 radical (unpaired) electrons. The van der Waals surface area contributed by atoms with Crippen molar-refractivity contribution >= 4 is 5.96 Å². The van der Waals surface area contributed by atoms with Gasteiger partial charge in [-0.25, -0.2) is 0 Å². The Labute approximate surface area is 104 Å². The minimum Gasteiger partial charge on any atom is -0.393 e. The standard InChI is InChI=1S/C13H25N3O/c14-13(16-11-5-1-2-6-11)15-9-10-4-3-7-12(17)8-10/h10-12,17H,1-9H2,(H3,14,15,16). The largest absolute Gasteiger partial charge is 0.393 e. The first-order valence-corrected chi connectivity index (χ1v) is 6.98. The van der Waals surface area contributed by atoms with Crippen LogP contribution in [0.25, 0.3) is 0 Å². The lowest BCUT2D eigenvalue weighted by atomic mass is 9.87. The molecule has 0 aliphatic heterocycles. The third-order valence-corrected chi connectivity index (χ3v) is 3.98. The molecular weight excluding hydrogens is 214 g/mol. The summed E-state index contributed by atoms with van der Waals surface area (Å²) in [6, 6.07) is 0.538. The predicted octanol–water partition coefficient (Wildman–Crippen LogP) is 1.38. The monoisotopic (exact) mass is 239 g/mol. The fourth-order valence-corrected chi connectivity index (χ4v) is 2.98. The van der Waals surface area contributed by atoms with Crippen LogP contribution in [-0.2, 0) is 0 Å². The first kappa shape index (κ1) is 12.7. The molecule has 17 heavy (non-hydrogen) atoms. The zero-order valence-electron chi connectivity index (χ0n) is 10.6. The van der Waals surface area contributed by atoms with Crippen LogP contribution in [0.1, 0.15) is 51.4 Å². The van der Waals surface area contributed by atoms with Gasteiger partial charge >= 0.3 is 0 Å². The normalized spacial score (nSPS) is 31.7. The summed E-state index contributed by atoms with van der Waals surface area (Å²) < 4.78 is 0. The van der Waals surface area contributed by atoms with Crippen molar-refractivity contribution in [2.75, 3.05) is 6.54 Å². The second-order valence-electron chi connectivity index (χ2n) is 5.54. The average molecular weight is 239 g/mol. The Morgan fingerprint density at radius 2 is 1.94 bits per heavy atom. The van der Waals surface area contributed by atoms with Crippen molar-refractivity contribution < 1.29 is 5.11 Å². The van der Waals surface area contributed by atoms with Crippen LogP contribution in [0.4, 0.5) is 0 Å². The first-order chi connectivity index (χ1) is 8.24. The molecule has 0 amide bonds. The van der Waals surface area contributed by atoms with Crippen molar-refractivity contribution in [1.29, 1.82) is 0 Å². The quantitative estimate of drug-likeness (QED) is 0.515. The molecule has 0 bridgehead atoms. The van der Waals surface area contributed by atoms with E-state index in [0.717, 1.165) is 25.8 Å². The van der Waals surface area contributed by atoms with Gasteiger partial charge in [0.15, 0.2) is 5.96 Å². The van der Waals surface area contributed by atoms with E-state index in [-0.39, 0.29) is 6.10 Å². The average Bonchev–Trinajstić information content (AvgIpc) is 2.79. The molecule has 0 heterocycles. The van der Waals surface area contributed by atoms with Gasteiger partial charge in [-0.2, -0.15) is 0 Å². The van der Waals surface area contributed by atoms with Crippen LogP contribution in [0.2, 0.25) is 0 Å². The molecule has 4 heteroatoms. The van der Waals surface area contributed by atoms with E-state index in [1.807, 2.05) is 0 Å². The van der Waals surface area contributed by atoms with Crippen LogP contribution in [-0.4, -0.2) is 29.8 Å². The van der Waals surface area contributed by atoms with Gasteiger partial charge in [0, 0.05) is 12.6 Å². The van der Waals surface area contributed by atoms with E-state index in [0.29, 0.717) is 17.9 Å². The summed E-state index contributed by atoms with van der Waals surface area (Å²) in [7, 11) is 0. The van der Waals surface area contributed by atoms with Gasteiger partial charge in [0.2, 0.25) is 0 Å². The summed E-state index contributed by atoms with van der Waals surface area (Å²) in [6.45, 7) is 0.766. The Bertz CT molecular complexity index is 261. The van der Waals surface area contributed by atoms with Crippen molar-refractivity contribution in [2.45, 2.75) is 63.5 Å². The molecule has 4 N–H and O–H groups in total. The summed E-state index contributed by atoms with van der Waals surface area (Å²) in [6.07, 6.45) is 9.08. The number of hydrogen-bond donors (Lipinski definition) is 3. The third kappa shape index (κ3) is 4.19. The molecule has 4 nitrogen and oxygen atoms in total. The zero-order chi connectivity index (χ0) is 12.1. The van der Waals surface area contributed by atoms with Crippen molar-refractivity contribution in [1.82, 2.24) is 5.32 Å². The number of aliphatic hydroxyl groups excluding tert-OH is 1. The van der Waals surface area contributed by atoms with Crippen LogP contribution in [0.5, 0.6) is 0 Å². The van der Waals surface area contributed by atoms with Gasteiger partial charge in [0.05, 0.1) is 6.10 Å². The number of aliphatic imine (C=N–C) groups is 1. The van der Waals surface area contributed by atoms with E-state index in [9.17, 15) is 5.11 Å². The molecule has 2 aliphatic carbocycles. The summed E-state index contributed by atoms with van der Waals surface area (Å²) in [5.41, 5.74) is 5.88. The number of aliphatic hydroxyl groups is 1. The summed E-state index contributed by atoms with van der Waals surface area (Å²) >= 11 is 0. The van der Waals surface area contributed by atoms with Crippen LogP contribution >= 0.6 is 0 Å². The first-order valence-electron chi connectivity index (χ1n) is 6.98. The van der Waals surface area contributed by atoms with Gasteiger partial charge in [-0.15, -0.1) is 0 Å². The van der Waals surface area contributed by atoms with Gasteiger partial charge in [0.1, 0.15) is 0 Å². The number of guanidine groups is 1. The van der Waals surface area contributed by atoms with Crippen LogP contribution in [0, 0.1) is 5.92 Å². The molecule has 0 aromatic carbocycles. The molecule has 98 valence electrons. The Balaban J connectivity index is 1.70. The highest BCUT2D eigenvalue weighted by molar-refractivity contribution is 5.78. The second-order valence-corrected chi connectivity index (χ2v) is 5.54. The van der Waals surface area contributed by atoms with Crippen molar-refractivity contribution in [3.63, 3.8) is 0 Å². The summed E-state index contributed by atoms with van der Waals surface area (Å²) in [4.78, 5) is 4.42. The van der Waals surface area contributed by atoms with Gasteiger partial charge in [-0.1, -0.05) is 19.3 Å². The molecule has 2 atom stereocenters. The highest BCUT2D eigenvalue weighted by Crippen LogP contribution is 2.24. The van der Waals surface area contributed by atoms with Crippen molar-refractivity contribution in [3.05, 3.63) is 0 Å². The lowest BCUT2D eigenvalue weighted by molar-refractivity contribution is 0.103. The topological polar surface area (TPSA) is 70.6 Å². The molecule has 2 aliphatic rings. The van der Waals surface area contributed by atoms with Crippen molar-refractivity contribution in [3.8, 4) is 0 Å². The third-order valence-electron chi connectivity index (χ3n) is 3.98. The van der Waals surface area contributed by atoms with E-state index in [2.05, 4.69) is 10.3 Å². The maximum absolute atomic E-state index is 9.58. The van der Waals surface area contributed by atoms with Gasteiger partial charge in [-0.05, 0) is 38.0 Å². The SMILES string of the molecule is NC(=NCC1CCCC(O)C1)NC1CCCC1. The van der Waals surface area contributed by atoms with Gasteiger partial charge < -0.3 is 16.2 Å². The molecule has 0 saturated heterocycles. The molecule has 0 aromatic heterocycles. The molecule has 2 saturated carbocycles.